The molecule has 3 aliphatic heterocycles. The van der Waals surface area contributed by atoms with E-state index in [9.17, 15) is 9.59 Å². The first-order valence-corrected chi connectivity index (χ1v) is 10.4. The van der Waals surface area contributed by atoms with Gasteiger partial charge in [0.05, 0.1) is 13.2 Å². The Bertz CT molecular complexity index is 745. The van der Waals surface area contributed by atoms with E-state index in [0.717, 1.165) is 26.1 Å². The topological polar surface area (TPSA) is 68.4 Å². The maximum absolute atomic E-state index is 13.2. The lowest BCUT2D eigenvalue weighted by atomic mass is 10.0. The minimum Gasteiger partial charge on any atom is -0.383 e. The van der Waals surface area contributed by atoms with Gasteiger partial charge in [0.1, 0.15) is 18.5 Å². The van der Waals surface area contributed by atoms with Crippen LogP contribution >= 0.6 is 0 Å². The van der Waals surface area contributed by atoms with Crippen LogP contribution in [-0.4, -0.2) is 97.0 Å². The maximum Gasteiger partial charge on any atom is 0.327 e. The van der Waals surface area contributed by atoms with Crippen LogP contribution in [0.2, 0.25) is 0 Å². The molecule has 1 aromatic carbocycles. The van der Waals surface area contributed by atoms with Gasteiger partial charge in [-0.2, -0.15) is 0 Å². The van der Waals surface area contributed by atoms with Crippen molar-refractivity contribution in [3.63, 3.8) is 0 Å². The molecular formula is C21H31N5O3. The van der Waals surface area contributed by atoms with Crippen molar-refractivity contribution in [2.45, 2.75) is 31.8 Å². The Hall–Kier alpha value is -2.00. The second-order valence-corrected chi connectivity index (χ2v) is 8.34. The summed E-state index contributed by atoms with van der Waals surface area (Å²) in [4.78, 5) is 33.6. The molecule has 8 nitrogen and oxygen atoms in total. The molecule has 1 aromatic rings. The molecule has 1 N–H and O–H groups in total. The normalized spacial score (nSPS) is 30.6. The van der Waals surface area contributed by atoms with Gasteiger partial charge in [-0.05, 0) is 17.9 Å². The standard InChI is InChI=1S/C21H31N5O3/c1-15-13-24(10-9-16-7-5-4-6-8-16)20-22-18-17(26(20)14-15)19(27)25(11-12-29-3)21(28)23(18)2/h4-8,15,17-18,20,22H,9-14H2,1-3H3. The van der Waals surface area contributed by atoms with E-state index in [1.54, 1.807) is 19.1 Å². The highest BCUT2D eigenvalue weighted by Gasteiger charge is 2.56. The molecular weight excluding hydrogens is 370 g/mol. The van der Waals surface area contributed by atoms with Crippen LogP contribution in [0.3, 0.4) is 0 Å². The molecule has 3 fully saturated rings. The fourth-order valence-electron chi connectivity index (χ4n) is 4.80. The monoisotopic (exact) mass is 401 g/mol. The fraction of sp³-hybridized carbons (Fsp3) is 0.619. The smallest absolute Gasteiger partial charge is 0.327 e. The Labute approximate surface area is 172 Å². The highest BCUT2D eigenvalue weighted by atomic mass is 16.5. The molecule has 29 heavy (non-hydrogen) atoms. The van der Waals surface area contributed by atoms with Crippen LogP contribution < -0.4 is 5.32 Å². The molecule has 158 valence electrons. The lowest BCUT2D eigenvalue weighted by molar-refractivity contribution is -0.141. The zero-order valence-electron chi connectivity index (χ0n) is 17.5. The molecule has 3 amide bonds. The zero-order chi connectivity index (χ0) is 20.5. The van der Waals surface area contributed by atoms with Crippen molar-refractivity contribution in [3.05, 3.63) is 35.9 Å². The summed E-state index contributed by atoms with van der Waals surface area (Å²) in [6, 6.07) is 9.84. The molecule has 4 rings (SSSR count). The summed E-state index contributed by atoms with van der Waals surface area (Å²) < 4.78 is 5.10. The van der Waals surface area contributed by atoms with Crippen LogP contribution in [0.1, 0.15) is 12.5 Å². The third-order valence-electron chi connectivity index (χ3n) is 6.22. The second-order valence-electron chi connectivity index (χ2n) is 8.34. The van der Waals surface area contributed by atoms with Crippen molar-refractivity contribution in [1.82, 2.24) is 24.9 Å². The fourth-order valence-corrected chi connectivity index (χ4v) is 4.80. The van der Waals surface area contributed by atoms with E-state index in [1.165, 1.54) is 10.5 Å². The number of urea groups is 1. The molecule has 0 bridgehead atoms. The Morgan fingerprint density at radius 3 is 2.62 bits per heavy atom. The van der Waals surface area contributed by atoms with E-state index in [4.69, 9.17) is 4.74 Å². The van der Waals surface area contributed by atoms with Gasteiger partial charge in [0.15, 0.2) is 0 Å². The van der Waals surface area contributed by atoms with Gasteiger partial charge < -0.3 is 9.64 Å². The first-order valence-electron chi connectivity index (χ1n) is 10.4. The third-order valence-corrected chi connectivity index (χ3v) is 6.22. The van der Waals surface area contributed by atoms with Gasteiger partial charge in [0, 0.05) is 33.8 Å². The lowest BCUT2D eigenvalue weighted by Crippen LogP contribution is -2.67. The van der Waals surface area contributed by atoms with Gasteiger partial charge in [0.25, 0.3) is 5.91 Å². The van der Waals surface area contributed by atoms with Gasteiger partial charge in [0.2, 0.25) is 0 Å². The minimum atomic E-state index is -0.360. The molecule has 0 saturated carbocycles. The van der Waals surface area contributed by atoms with Crippen molar-refractivity contribution in [1.29, 1.82) is 0 Å². The van der Waals surface area contributed by atoms with Crippen molar-refractivity contribution in [2.75, 3.05) is 46.9 Å². The molecule has 0 radical (unpaired) electrons. The number of carbonyl (C=O) groups excluding carboxylic acids is 2. The Morgan fingerprint density at radius 2 is 1.90 bits per heavy atom. The number of nitrogens with zero attached hydrogens (tertiary/aromatic N) is 4. The number of likely N-dealkylation sites (N-methyl/N-ethyl adjacent to an activating group) is 1. The van der Waals surface area contributed by atoms with Gasteiger partial charge in [-0.15, -0.1) is 0 Å². The van der Waals surface area contributed by atoms with E-state index in [2.05, 4.69) is 46.3 Å². The first-order chi connectivity index (χ1) is 14.0. The lowest BCUT2D eigenvalue weighted by Gasteiger charge is -2.45. The molecule has 4 unspecified atom stereocenters. The average Bonchev–Trinajstić information content (AvgIpc) is 3.11. The van der Waals surface area contributed by atoms with Gasteiger partial charge >= 0.3 is 6.03 Å². The number of imide groups is 1. The first kappa shape index (κ1) is 20.3. The van der Waals surface area contributed by atoms with Gasteiger partial charge in [-0.1, -0.05) is 37.3 Å². The second kappa shape index (κ2) is 8.39. The van der Waals surface area contributed by atoms with Crippen LogP contribution in [0.25, 0.3) is 0 Å². The highest BCUT2D eigenvalue weighted by Crippen LogP contribution is 2.32. The summed E-state index contributed by atoms with van der Waals surface area (Å²) in [6.07, 6.45) is 0.618. The number of hydrogen-bond acceptors (Lipinski definition) is 6. The Kier molecular flexibility index (Phi) is 5.87. The van der Waals surface area contributed by atoms with E-state index < -0.39 is 0 Å². The largest absolute Gasteiger partial charge is 0.383 e. The molecule has 3 saturated heterocycles. The third kappa shape index (κ3) is 3.77. The summed E-state index contributed by atoms with van der Waals surface area (Å²) in [5.41, 5.74) is 1.31. The van der Waals surface area contributed by atoms with Crippen molar-refractivity contribution in [2.24, 2.45) is 5.92 Å². The van der Waals surface area contributed by atoms with Gasteiger partial charge in [-0.25, -0.2) is 4.79 Å². The number of methoxy groups -OCH3 is 1. The van der Waals surface area contributed by atoms with E-state index >= 15 is 0 Å². The number of hydrogen-bond donors (Lipinski definition) is 1. The molecule has 0 spiro atoms. The number of nitrogens with one attached hydrogen (secondary N) is 1. The summed E-state index contributed by atoms with van der Waals surface area (Å²) in [5, 5.41) is 3.57. The van der Waals surface area contributed by atoms with Gasteiger partial charge in [-0.3, -0.25) is 24.8 Å². The molecule has 3 aliphatic rings. The quantitative estimate of drug-likeness (QED) is 0.753. The van der Waals surface area contributed by atoms with E-state index in [-0.39, 0.29) is 37.0 Å². The van der Waals surface area contributed by atoms with Crippen molar-refractivity contribution in [3.8, 4) is 0 Å². The Balaban J connectivity index is 1.53. The van der Waals surface area contributed by atoms with Crippen LogP contribution in [-0.2, 0) is 16.0 Å². The van der Waals surface area contributed by atoms with Crippen molar-refractivity contribution >= 4 is 11.9 Å². The summed E-state index contributed by atoms with van der Waals surface area (Å²) in [5.74, 6) is 0.327. The average molecular weight is 402 g/mol. The molecule has 8 heteroatoms. The van der Waals surface area contributed by atoms with Crippen LogP contribution in [0.15, 0.2) is 30.3 Å². The number of carbonyl (C=O) groups is 2. The van der Waals surface area contributed by atoms with E-state index in [1.807, 2.05) is 6.07 Å². The Morgan fingerprint density at radius 1 is 1.14 bits per heavy atom. The number of ether oxygens (including phenoxy) is 1. The van der Waals surface area contributed by atoms with Crippen LogP contribution in [0, 0.1) is 5.92 Å². The molecule has 0 aliphatic carbocycles. The van der Waals surface area contributed by atoms with E-state index in [0.29, 0.717) is 12.5 Å². The highest BCUT2D eigenvalue weighted by molar-refractivity contribution is 6.00. The molecule has 4 atom stereocenters. The van der Waals surface area contributed by atoms with Crippen LogP contribution in [0.5, 0.6) is 0 Å². The minimum absolute atomic E-state index is 0.0357. The molecule has 0 aromatic heterocycles. The maximum atomic E-state index is 13.2. The summed E-state index contributed by atoms with van der Waals surface area (Å²) in [7, 11) is 3.35. The summed E-state index contributed by atoms with van der Waals surface area (Å²) in [6.45, 7) is 5.57. The number of fused-ring (bicyclic) bond motifs is 3. The van der Waals surface area contributed by atoms with Crippen molar-refractivity contribution < 1.29 is 14.3 Å². The SMILES string of the molecule is COCCN1C(=O)C2C(NC3N(CCc4ccccc4)CC(C)CN23)N(C)C1=O. The number of rotatable bonds is 6. The summed E-state index contributed by atoms with van der Waals surface area (Å²) >= 11 is 0. The predicted molar refractivity (Wildman–Crippen MR) is 109 cm³/mol. The molecule has 3 heterocycles. The number of amides is 3. The van der Waals surface area contributed by atoms with Crippen LogP contribution in [0.4, 0.5) is 4.79 Å². The number of benzene rings is 1. The zero-order valence-corrected chi connectivity index (χ0v) is 17.5. The predicted octanol–water partition coefficient (Wildman–Crippen LogP) is 0.605.